The van der Waals surface area contributed by atoms with Crippen molar-refractivity contribution in [2.45, 2.75) is 82.1 Å². The van der Waals surface area contributed by atoms with Gasteiger partial charge in [-0.2, -0.15) is 4.98 Å². The predicted molar refractivity (Wildman–Crippen MR) is 206 cm³/mol. The zero-order chi connectivity index (χ0) is 36.2. The summed E-state index contributed by atoms with van der Waals surface area (Å²) in [6.45, 7) is 5.03. The number of carbonyl (C=O) groups is 2. The lowest BCUT2D eigenvalue weighted by Gasteiger charge is -2.34. The van der Waals surface area contributed by atoms with Crippen molar-refractivity contribution in [3.63, 3.8) is 0 Å². The number of imide groups is 1. The fraction of sp³-hybridized carbons (Fsp3) is 0.447. The Morgan fingerprint density at radius 1 is 0.942 bits per heavy atom. The lowest BCUT2D eigenvalue weighted by atomic mass is 9.91. The summed E-state index contributed by atoms with van der Waals surface area (Å²) < 4.78 is 18.0. The summed E-state index contributed by atoms with van der Waals surface area (Å²) in [5.74, 6) is 0.840. The highest BCUT2D eigenvalue weighted by Crippen LogP contribution is 2.32. The Kier molecular flexibility index (Phi) is 11.2. The number of piperidine rings is 1. The van der Waals surface area contributed by atoms with Crippen LogP contribution in [0.2, 0.25) is 5.02 Å². The van der Waals surface area contributed by atoms with Crippen molar-refractivity contribution in [3.05, 3.63) is 75.7 Å². The number of nitrogens with one attached hydrogen (secondary N) is 3. The molecule has 2 aliphatic heterocycles. The smallest absolute Gasteiger partial charge is 0.328 e. The number of halogens is 1. The third kappa shape index (κ3) is 8.16. The summed E-state index contributed by atoms with van der Waals surface area (Å²) in [6.07, 6.45) is 11.5. The second kappa shape index (κ2) is 16.1. The molecule has 2 saturated heterocycles. The number of nitrogens with zero attached hydrogens (tertiary/aromatic N) is 5. The number of urea groups is 1. The van der Waals surface area contributed by atoms with E-state index < -0.39 is 11.0 Å². The molecule has 52 heavy (non-hydrogen) atoms. The van der Waals surface area contributed by atoms with Crippen molar-refractivity contribution >= 4 is 68.6 Å². The maximum Gasteiger partial charge on any atom is 0.328 e. The molecule has 3 amide bonds. The van der Waals surface area contributed by atoms with E-state index in [1.54, 1.807) is 21.7 Å². The lowest BCUT2D eigenvalue weighted by molar-refractivity contribution is -0.120. The molecular weight excluding hydrogens is 700 g/mol. The zero-order valence-corrected chi connectivity index (χ0v) is 31.0. The van der Waals surface area contributed by atoms with Gasteiger partial charge in [0.2, 0.25) is 11.9 Å². The quantitative estimate of drug-likeness (QED) is 0.135. The Morgan fingerprint density at radius 3 is 2.42 bits per heavy atom. The van der Waals surface area contributed by atoms with Gasteiger partial charge in [0.1, 0.15) is 21.7 Å². The molecule has 7 rings (SSSR count). The minimum Gasteiger partial charge on any atom is -0.372 e. The van der Waals surface area contributed by atoms with Crippen LogP contribution in [0.5, 0.6) is 0 Å². The van der Waals surface area contributed by atoms with E-state index in [4.69, 9.17) is 16.6 Å². The van der Waals surface area contributed by atoms with Crippen molar-refractivity contribution in [1.29, 1.82) is 0 Å². The van der Waals surface area contributed by atoms with Gasteiger partial charge in [-0.15, -0.1) is 0 Å². The van der Waals surface area contributed by atoms with E-state index in [2.05, 4.69) is 37.4 Å². The van der Waals surface area contributed by atoms with Crippen molar-refractivity contribution in [3.8, 4) is 0 Å². The molecule has 0 bridgehead atoms. The van der Waals surface area contributed by atoms with E-state index in [-0.39, 0.29) is 28.6 Å². The molecule has 4 heterocycles. The zero-order valence-electron chi connectivity index (χ0n) is 29.4. The van der Waals surface area contributed by atoms with Crippen LogP contribution < -0.4 is 30.7 Å². The first-order chi connectivity index (χ1) is 25.2. The molecule has 1 atom stereocenters. The summed E-state index contributed by atoms with van der Waals surface area (Å²) >= 11 is 6.28. The van der Waals surface area contributed by atoms with Gasteiger partial charge >= 0.3 is 6.03 Å². The number of aromatic nitrogens is 3. The number of hydrogen-bond donors (Lipinski definition) is 3. The highest BCUT2D eigenvalue weighted by molar-refractivity contribution is 7.83. The second-order valence-electron chi connectivity index (χ2n) is 14.0. The molecule has 2 aromatic heterocycles. The Balaban J connectivity index is 0.848. The van der Waals surface area contributed by atoms with Gasteiger partial charge < -0.3 is 10.2 Å². The number of amides is 3. The Labute approximate surface area is 310 Å². The molecule has 1 aliphatic carbocycles. The van der Waals surface area contributed by atoms with Crippen molar-refractivity contribution in [1.82, 2.24) is 24.6 Å². The number of hydrogen-bond acceptors (Lipinski definition) is 8. The first kappa shape index (κ1) is 36.0. The van der Waals surface area contributed by atoms with Crippen molar-refractivity contribution < 1.29 is 13.8 Å². The van der Waals surface area contributed by atoms with Crippen LogP contribution in [0.3, 0.4) is 0 Å². The van der Waals surface area contributed by atoms with Gasteiger partial charge in [-0.05, 0) is 99.0 Å². The predicted octanol–water partition coefficient (Wildman–Crippen LogP) is 6.76. The number of fused-ring (bicyclic) bond motifs is 1. The number of rotatable bonds is 12. The summed E-state index contributed by atoms with van der Waals surface area (Å²) in [7, 11) is -1.32. The Morgan fingerprint density at radius 2 is 1.69 bits per heavy atom. The van der Waals surface area contributed by atoms with Gasteiger partial charge in [0.15, 0.2) is 0 Å². The summed E-state index contributed by atoms with van der Waals surface area (Å²) in [6, 6.07) is 15.0. The van der Waals surface area contributed by atoms with Crippen LogP contribution in [-0.4, -0.2) is 56.9 Å². The molecule has 4 aromatic rings. The molecule has 1 saturated carbocycles. The summed E-state index contributed by atoms with van der Waals surface area (Å²) in [5, 5.41) is 6.57. The molecule has 3 N–H and O–H groups in total. The number of aryl methyl sites for hydroxylation is 1. The number of pyridine rings is 1. The van der Waals surface area contributed by atoms with E-state index in [1.807, 2.05) is 37.3 Å². The number of anilines is 4. The van der Waals surface area contributed by atoms with Crippen LogP contribution in [0.25, 0.3) is 11.0 Å². The Bertz CT molecular complexity index is 2030. The average molecular weight is 745 g/mol. The molecule has 2 aromatic carbocycles. The van der Waals surface area contributed by atoms with E-state index in [9.17, 15) is 18.6 Å². The van der Waals surface area contributed by atoms with Crippen LogP contribution in [0, 0.1) is 12.8 Å². The van der Waals surface area contributed by atoms with Crippen LogP contribution in [0.1, 0.15) is 75.8 Å². The lowest BCUT2D eigenvalue weighted by Crippen LogP contribution is -2.49. The molecule has 14 heteroatoms. The van der Waals surface area contributed by atoms with Gasteiger partial charge in [0.05, 0.1) is 4.90 Å². The standard InChI is InChI=1S/C38H45ClN8O4S/c1-25-22-31(13-14-33(25)42-37-40-24-27-23-32(39)36(49)47(35(27)44-37)30-7-2-3-8-30)52(51)41-18-5-4-6-26-15-19-45(20-16-26)28-9-11-29(12-10-28)46-21-17-34(48)43-38(46)50/h9-14,22-24,26,30,41H,2-8,15-21H2,1H3,(H,40,42,44)(H,43,48,50). The maximum absolute atomic E-state index is 13.1. The monoisotopic (exact) mass is 744 g/mol. The SMILES string of the molecule is Cc1cc(S(=O)NCCCCC2CCN(c3ccc(N4CCC(=O)NC4=O)cc3)CC2)ccc1Nc1ncc2cc(Cl)c(=O)n(C3CCCC3)c2n1. The number of unbranched alkanes of at least 4 members (excludes halogenated alkanes) is 1. The molecule has 274 valence electrons. The summed E-state index contributed by atoms with van der Waals surface area (Å²) in [5.41, 5.74) is 4.04. The van der Waals surface area contributed by atoms with E-state index in [0.717, 1.165) is 98.9 Å². The van der Waals surface area contributed by atoms with Crippen LogP contribution >= 0.6 is 11.6 Å². The second-order valence-corrected chi connectivity index (χ2v) is 15.7. The fourth-order valence-corrected chi connectivity index (χ4v) is 8.78. The highest BCUT2D eigenvalue weighted by atomic mass is 35.5. The van der Waals surface area contributed by atoms with E-state index in [0.29, 0.717) is 41.9 Å². The third-order valence-corrected chi connectivity index (χ3v) is 12.0. The molecule has 3 fully saturated rings. The third-order valence-electron chi connectivity index (χ3n) is 10.5. The number of benzene rings is 2. The van der Waals surface area contributed by atoms with Crippen LogP contribution in [0.4, 0.5) is 27.8 Å². The van der Waals surface area contributed by atoms with Crippen molar-refractivity contribution in [2.75, 3.05) is 41.3 Å². The Hall–Kier alpha value is -4.33. The van der Waals surface area contributed by atoms with Gasteiger partial charge in [-0.1, -0.05) is 37.3 Å². The van der Waals surface area contributed by atoms with Gasteiger partial charge in [-0.25, -0.2) is 18.7 Å². The normalized spacial score (nSPS) is 17.9. The molecular formula is C38H45ClN8O4S. The largest absolute Gasteiger partial charge is 0.372 e. The average Bonchev–Trinajstić information content (AvgIpc) is 3.68. The number of carbonyl (C=O) groups excluding carboxylic acids is 2. The first-order valence-corrected chi connectivity index (χ1v) is 19.8. The molecule has 0 radical (unpaired) electrons. The maximum atomic E-state index is 13.1. The first-order valence-electron chi connectivity index (χ1n) is 18.3. The van der Waals surface area contributed by atoms with Gasteiger partial charge in [0.25, 0.3) is 5.56 Å². The molecule has 0 spiro atoms. The van der Waals surface area contributed by atoms with Gasteiger partial charge in [0, 0.05) is 67.3 Å². The fourth-order valence-electron chi connectivity index (χ4n) is 7.60. The minimum absolute atomic E-state index is 0.0867. The van der Waals surface area contributed by atoms with Gasteiger partial charge in [-0.3, -0.25) is 24.4 Å². The highest BCUT2D eigenvalue weighted by Gasteiger charge is 2.25. The molecule has 3 aliphatic rings. The van der Waals surface area contributed by atoms with Crippen LogP contribution in [-0.2, 0) is 15.8 Å². The minimum atomic E-state index is -1.32. The van der Waals surface area contributed by atoms with Crippen LogP contribution in [0.15, 0.2) is 64.4 Å². The summed E-state index contributed by atoms with van der Waals surface area (Å²) in [4.78, 5) is 50.5. The van der Waals surface area contributed by atoms with E-state index in [1.165, 1.54) is 0 Å². The molecule has 1 unspecified atom stereocenters. The topological polar surface area (TPSA) is 142 Å². The van der Waals surface area contributed by atoms with Crippen molar-refractivity contribution in [2.24, 2.45) is 5.92 Å². The van der Waals surface area contributed by atoms with E-state index >= 15 is 0 Å². The molecule has 12 nitrogen and oxygen atoms in total.